The predicted octanol–water partition coefficient (Wildman–Crippen LogP) is 3.41. The first-order chi connectivity index (χ1) is 7.53. The fourth-order valence-corrected chi connectivity index (χ4v) is 2.78. The number of hydrogen-bond acceptors (Lipinski definition) is 2. The van der Waals surface area contributed by atoms with Crippen molar-refractivity contribution in [1.82, 2.24) is 0 Å². The Hall–Kier alpha value is -0.610. The van der Waals surface area contributed by atoms with Gasteiger partial charge in [-0.3, -0.25) is 0 Å². The molecule has 1 aromatic carbocycles. The normalized spacial score (nSPS) is 19.7. The highest BCUT2D eigenvalue weighted by Gasteiger charge is 2.30. The van der Waals surface area contributed by atoms with Crippen molar-refractivity contribution in [1.29, 1.82) is 0 Å². The Morgan fingerprint density at radius 1 is 1.25 bits per heavy atom. The molecule has 0 atom stereocenters. The van der Waals surface area contributed by atoms with Crippen molar-refractivity contribution < 1.29 is 9.50 Å². The van der Waals surface area contributed by atoms with Crippen molar-refractivity contribution >= 4 is 15.9 Å². The first-order valence-electron chi connectivity index (χ1n) is 5.50. The van der Waals surface area contributed by atoms with E-state index >= 15 is 0 Å². The number of nitrogens with two attached hydrogens (primary N) is 1. The summed E-state index contributed by atoms with van der Waals surface area (Å²) in [5.74, 6) is -0.956. The number of halogens is 2. The molecular formula is C12H15BrFNO. The fourth-order valence-electron chi connectivity index (χ4n) is 2.33. The summed E-state index contributed by atoms with van der Waals surface area (Å²) in [6, 6.07) is 3.13. The molecule has 0 unspecified atom stereocenters. The van der Waals surface area contributed by atoms with Gasteiger partial charge in [0, 0.05) is 5.54 Å². The van der Waals surface area contributed by atoms with Gasteiger partial charge in [-0.2, -0.15) is 0 Å². The van der Waals surface area contributed by atoms with E-state index in [9.17, 15) is 9.50 Å². The molecule has 1 aliphatic rings. The van der Waals surface area contributed by atoms with Crippen LogP contribution in [-0.2, 0) is 5.54 Å². The maximum Gasteiger partial charge on any atom is 0.178 e. The molecule has 3 N–H and O–H groups in total. The summed E-state index contributed by atoms with van der Waals surface area (Å²) in [6.07, 6.45) is 5.17. The van der Waals surface area contributed by atoms with Crippen molar-refractivity contribution in [3.05, 3.63) is 28.0 Å². The highest BCUT2D eigenvalue weighted by atomic mass is 79.9. The molecule has 1 saturated carbocycles. The van der Waals surface area contributed by atoms with Crippen LogP contribution in [0.5, 0.6) is 5.75 Å². The molecule has 0 radical (unpaired) electrons. The maximum absolute atomic E-state index is 13.3. The van der Waals surface area contributed by atoms with Gasteiger partial charge in [-0.15, -0.1) is 0 Å². The molecule has 0 saturated heterocycles. The highest BCUT2D eigenvalue weighted by Crippen LogP contribution is 2.38. The zero-order valence-corrected chi connectivity index (χ0v) is 10.6. The first kappa shape index (κ1) is 11.9. The molecule has 1 fully saturated rings. The largest absolute Gasteiger partial charge is 0.505 e. The van der Waals surface area contributed by atoms with Gasteiger partial charge >= 0.3 is 0 Å². The van der Waals surface area contributed by atoms with Crippen LogP contribution < -0.4 is 5.73 Å². The van der Waals surface area contributed by atoms with Gasteiger partial charge in [0.2, 0.25) is 0 Å². The van der Waals surface area contributed by atoms with Crippen LogP contribution in [0.3, 0.4) is 0 Å². The number of rotatable bonds is 1. The van der Waals surface area contributed by atoms with Gasteiger partial charge in [-0.1, -0.05) is 19.3 Å². The standard InChI is InChI=1S/C12H15BrFNO/c13-9-6-8(7-10(16)11(9)14)12(15)4-2-1-3-5-12/h6-7,16H,1-5,15H2. The quantitative estimate of drug-likeness (QED) is 0.831. The average molecular weight is 288 g/mol. The molecule has 0 aliphatic heterocycles. The molecule has 1 aliphatic carbocycles. The number of phenolic OH excluding ortho intramolecular Hbond substituents is 1. The molecule has 0 amide bonds. The monoisotopic (exact) mass is 287 g/mol. The van der Waals surface area contributed by atoms with Gasteiger partial charge in [0.15, 0.2) is 11.6 Å². The van der Waals surface area contributed by atoms with Gasteiger partial charge in [0.1, 0.15) is 0 Å². The van der Waals surface area contributed by atoms with E-state index < -0.39 is 11.4 Å². The SMILES string of the molecule is NC1(c2cc(O)c(F)c(Br)c2)CCCCC1. The molecule has 0 aromatic heterocycles. The van der Waals surface area contributed by atoms with Crippen molar-refractivity contribution in [3.8, 4) is 5.75 Å². The molecule has 1 aromatic rings. The van der Waals surface area contributed by atoms with Crippen LogP contribution in [0.4, 0.5) is 4.39 Å². The minimum atomic E-state index is -0.622. The van der Waals surface area contributed by atoms with Crippen molar-refractivity contribution in [3.63, 3.8) is 0 Å². The third kappa shape index (κ3) is 2.09. The van der Waals surface area contributed by atoms with Gasteiger partial charge in [0.05, 0.1) is 4.47 Å². The third-order valence-electron chi connectivity index (χ3n) is 3.33. The minimum absolute atomic E-state index is 0.276. The Kier molecular flexibility index (Phi) is 3.22. The zero-order chi connectivity index (χ0) is 11.8. The van der Waals surface area contributed by atoms with E-state index in [1.165, 1.54) is 12.5 Å². The van der Waals surface area contributed by atoms with Crippen LogP contribution >= 0.6 is 15.9 Å². The van der Waals surface area contributed by atoms with E-state index in [0.29, 0.717) is 0 Å². The van der Waals surface area contributed by atoms with Gasteiger partial charge in [0.25, 0.3) is 0 Å². The number of benzene rings is 1. The second-order valence-electron chi connectivity index (χ2n) is 4.51. The van der Waals surface area contributed by atoms with E-state index in [1.54, 1.807) is 6.07 Å². The smallest absolute Gasteiger partial charge is 0.178 e. The zero-order valence-electron chi connectivity index (χ0n) is 8.97. The summed E-state index contributed by atoms with van der Waals surface area (Å²) >= 11 is 3.10. The fraction of sp³-hybridized carbons (Fsp3) is 0.500. The molecule has 0 bridgehead atoms. The predicted molar refractivity (Wildman–Crippen MR) is 64.7 cm³/mol. The lowest BCUT2D eigenvalue weighted by atomic mass is 9.77. The lowest BCUT2D eigenvalue weighted by Crippen LogP contribution is -2.38. The lowest BCUT2D eigenvalue weighted by Gasteiger charge is -2.34. The van der Waals surface area contributed by atoms with Crippen molar-refractivity contribution in [2.45, 2.75) is 37.6 Å². The van der Waals surface area contributed by atoms with E-state index in [-0.39, 0.29) is 10.2 Å². The Morgan fingerprint density at radius 3 is 2.44 bits per heavy atom. The first-order valence-corrected chi connectivity index (χ1v) is 6.30. The highest BCUT2D eigenvalue weighted by molar-refractivity contribution is 9.10. The topological polar surface area (TPSA) is 46.2 Å². The van der Waals surface area contributed by atoms with Crippen molar-refractivity contribution in [2.24, 2.45) is 5.73 Å². The summed E-state index contributed by atoms with van der Waals surface area (Å²) < 4.78 is 13.5. The van der Waals surface area contributed by atoms with E-state index in [4.69, 9.17) is 5.73 Å². The van der Waals surface area contributed by atoms with E-state index in [1.807, 2.05) is 0 Å². The van der Waals surface area contributed by atoms with Crippen LogP contribution in [0.15, 0.2) is 16.6 Å². The summed E-state index contributed by atoms with van der Waals surface area (Å²) in [5, 5.41) is 9.47. The molecule has 88 valence electrons. The van der Waals surface area contributed by atoms with Gasteiger partial charge in [-0.05, 0) is 46.5 Å². The van der Waals surface area contributed by atoms with E-state index in [0.717, 1.165) is 31.2 Å². The molecule has 0 heterocycles. The Bertz CT molecular complexity index is 379. The number of aromatic hydroxyl groups is 1. The van der Waals surface area contributed by atoms with Crippen molar-refractivity contribution in [2.75, 3.05) is 0 Å². The van der Waals surface area contributed by atoms with Crippen LogP contribution in [-0.4, -0.2) is 5.11 Å². The summed E-state index contributed by atoms with van der Waals surface area (Å²) in [7, 11) is 0. The van der Waals surface area contributed by atoms with Crippen LogP contribution in [0.2, 0.25) is 0 Å². The summed E-state index contributed by atoms with van der Waals surface area (Å²) in [5.41, 5.74) is 6.72. The number of hydrogen-bond donors (Lipinski definition) is 2. The molecule has 4 heteroatoms. The summed E-state index contributed by atoms with van der Waals surface area (Å²) in [4.78, 5) is 0. The second kappa shape index (κ2) is 4.34. The van der Waals surface area contributed by atoms with Crippen LogP contribution in [0.1, 0.15) is 37.7 Å². The molecule has 16 heavy (non-hydrogen) atoms. The molecular weight excluding hydrogens is 273 g/mol. The Labute approximate surface area is 103 Å². The Morgan fingerprint density at radius 2 is 1.88 bits per heavy atom. The third-order valence-corrected chi connectivity index (χ3v) is 3.91. The minimum Gasteiger partial charge on any atom is -0.505 e. The summed E-state index contributed by atoms with van der Waals surface area (Å²) in [6.45, 7) is 0. The lowest BCUT2D eigenvalue weighted by molar-refractivity contribution is 0.300. The second-order valence-corrected chi connectivity index (χ2v) is 5.36. The van der Waals surface area contributed by atoms with E-state index in [2.05, 4.69) is 15.9 Å². The van der Waals surface area contributed by atoms with Gasteiger partial charge in [-0.25, -0.2) is 4.39 Å². The molecule has 0 spiro atoms. The van der Waals surface area contributed by atoms with Crippen LogP contribution in [0, 0.1) is 5.82 Å². The van der Waals surface area contributed by atoms with Crippen LogP contribution in [0.25, 0.3) is 0 Å². The number of phenols is 1. The average Bonchev–Trinajstić information content (AvgIpc) is 2.26. The maximum atomic E-state index is 13.3. The van der Waals surface area contributed by atoms with Gasteiger partial charge < -0.3 is 10.8 Å². The molecule has 2 rings (SSSR count). The Balaban J connectivity index is 2.39. The molecule has 2 nitrogen and oxygen atoms in total.